The van der Waals surface area contributed by atoms with Gasteiger partial charge >= 0.3 is 7.12 Å². The molecule has 2 N–H and O–H groups in total. The summed E-state index contributed by atoms with van der Waals surface area (Å²) in [5.74, 6) is 0. The fourth-order valence-corrected chi connectivity index (χ4v) is 0.985. The molecule has 0 aliphatic rings. The average Bonchev–Trinajstić information content (AvgIpc) is 1.59. The molecule has 0 aromatic heterocycles. The Bertz CT molecular complexity index is 90.2. The number of rotatable bonds is 4. The van der Waals surface area contributed by atoms with Gasteiger partial charge in [-0.15, -0.1) is 0 Å². The average molecular weight is 209 g/mol. The lowest BCUT2D eigenvalue weighted by atomic mass is 9.82. The van der Waals surface area contributed by atoms with Crippen LogP contribution < -0.4 is 0 Å². The van der Waals surface area contributed by atoms with E-state index in [9.17, 15) is 0 Å². The molecule has 0 rings (SSSR count). The van der Waals surface area contributed by atoms with Crippen molar-refractivity contribution in [2.24, 2.45) is 0 Å². The third kappa shape index (κ3) is 8.46. The molecule has 0 amide bonds. The molecule has 10 heavy (non-hydrogen) atoms. The summed E-state index contributed by atoms with van der Waals surface area (Å²) in [7, 11) is -1.14. The van der Waals surface area contributed by atoms with Gasteiger partial charge in [0, 0.05) is 4.32 Å². The molecule has 60 valence electrons. The molecule has 0 aliphatic carbocycles. The molecular weight excluding hydrogens is 195 g/mol. The van der Waals surface area contributed by atoms with Gasteiger partial charge in [-0.05, 0) is 12.7 Å². The van der Waals surface area contributed by atoms with E-state index in [-0.39, 0.29) is 4.32 Å². The van der Waals surface area contributed by atoms with Gasteiger partial charge in [-0.3, -0.25) is 0 Å². The van der Waals surface area contributed by atoms with E-state index in [0.717, 1.165) is 12.8 Å². The third-order valence-electron chi connectivity index (χ3n) is 1.23. The second kappa shape index (κ2) is 4.37. The van der Waals surface area contributed by atoms with Crippen molar-refractivity contribution in [3.05, 3.63) is 0 Å². The smallest absolute Gasteiger partial charge is 0.427 e. The van der Waals surface area contributed by atoms with Crippen LogP contribution in [0.25, 0.3) is 0 Å². The van der Waals surface area contributed by atoms with Crippen LogP contribution in [0.1, 0.15) is 26.7 Å². The molecule has 0 aromatic rings. The summed E-state index contributed by atoms with van der Waals surface area (Å²) < 4.78 is 0.127. The van der Waals surface area contributed by atoms with E-state index in [1.54, 1.807) is 0 Å². The van der Waals surface area contributed by atoms with Gasteiger partial charge in [-0.1, -0.05) is 36.2 Å². The van der Waals surface area contributed by atoms with Gasteiger partial charge in [0.2, 0.25) is 0 Å². The second-order valence-electron chi connectivity index (χ2n) is 3.09. The number of hydrogen-bond donors (Lipinski definition) is 2. The maximum absolute atomic E-state index is 8.49. The Morgan fingerprint density at radius 1 is 1.40 bits per heavy atom. The lowest BCUT2D eigenvalue weighted by molar-refractivity contribution is 0.400. The van der Waals surface area contributed by atoms with Crippen LogP contribution in [0, 0.1) is 0 Å². The van der Waals surface area contributed by atoms with Gasteiger partial charge < -0.3 is 10.0 Å². The monoisotopic (exact) mass is 208 g/mol. The summed E-state index contributed by atoms with van der Waals surface area (Å²) >= 11 is 3.47. The highest BCUT2D eigenvalue weighted by Gasteiger charge is 2.14. The zero-order chi connectivity index (χ0) is 8.20. The Balaban J connectivity index is 3.21. The first-order chi connectivity index (χ1) is 4.42. The minimum atomic E-state index is -1.14. The molecule has 4 heteroatoms. The summed E-state index contributed by atoms with van der Waals surface area (Å²) in [6.07, 6.45) is 2.27. The van der Waals surface area contributed by atoms with E-state index in [2.05, 4.69) is 29.8 Å². The van der Waals surface area contributed by atoms with E-state index in [1.165, 1.54) is 0 Å². The van der Waals surface area contributed by atoms with E-state index >= 15 is 0 Å². The minimum absolute atomic E-state index is 0.127. The predicted molar refractivity (Wildman–Crippen MR) is 47.2 cm³/mol. The molecule has 2 nitrogen and oxygen atoms in total. The van der Waals surface area contributed by atoms with Crippen molar-refractivity contribution in [2.75, 3.05) is 0 Å². The molecular formula is C6H14BBrO2. The lowest BCUT2D eigenvalue weighted by Crippen LogP contribution is -2.14. The summed E-state index contributed by atoms with van der Waals surface area (Å²) in [4.78, 5) is 0. The lowest BCUT2D eigenvalue weighted by Gasteiger charge is -2.14. The van der Waals surface area contributed by atoms with Crippen molar-refractivity contribution in [3.63, 3.8) is 0 Å². The van der Waals surface area contributed by atoms with Crippen molar-refractivity contribution in [3.8, 4) is 0 Å². The summed E-state index contributed by atoms with van der Waals surface area (Å²) in [5.41, 5.74) is 0. The van der Waals surface area contributed by atoms with Crippen LogP contribution in [-0.4, -0.2) is 21.5 Å². The molecule has 0 bridgehead atoms. The predicted octanol–water partition coefficient (Wildman–Crippen LogP) is 1.41. The first-order valence-electron chi connectivity index (χ1n) is 3.47. The Morgan fingerprint density at radius 2 is 1.90 bits per heavy atom. The van der Waals surface area contributed by atoms with Crippen LogP contribution in [-0.2, 0) is 0 Å². The minimum Gasteiger partial charge on any atom is -0.427 e. The molecule has 0 atom stereocenters. The van der Waals surface area contributed by atoms with E-state index in [0.29, 0.717) is 6.32 Å². The van der Waals surface area contributed by atoms with Crippen molar-refractivity contribution < 1.29 is 10.0 Å². The molecule has 0 spiro atoms. The van der Waals surface area contributed by atoms with Crippen LogP contribution in [0.15, 0.2) is 0 Å². The highest BCUT2D eigenvalue weighted by molar-refractivity contribution is 9.10. The number of halogens is 1. The van der Waals surface area contributed by atoms with Crippen molar-refractivity contribution >= 4 is 23.0 Å². The zero-order valence-corrected chi connectivity index (χ0v) is 8.06. The second-order valence-corrected chi connectivity index (χ2v) is 5.24. The van der Waals surface area contributed by atoms with Gasteiger partial charge in [0.15, 0.2) is 0 Å². The van der Waals surface area contributed by atoms with E-state index in [4.69, 9.17) is 10.0 Å². The zero-order valence-electron chi connectivity index (χ0n) is 6.47. The van der Waals surface area contributed by atoms with Gasteiger partial charge in [-0.2, -0.15) is 0 Å². The normalized spacial score (nSPS) is 11.7. The quantitative estimate of drug-likeness (QED) is 0.542. The highest BCUT2D eigenvalue weighted by atomic mass is 79.9. The van der Waals surface area contributed by atoms with Crippen LogP contribution >= 0.6 is 15.9 Å². The Labute approximate surface area is 70.9 Å². The maximum Gasteiger partial charge on any atom is 0.451 e. The van der Waals surface area contributed by atoms with Gasteiger partial charge in [-0.25, -0.2) is 0 Å². The molecule has 0 saturated heterocycles. The Hall–Kier alpha value is 0.465. The van der Waals surface area contributed by atoms with Crippen LogP contribution in [0.3, 0.4) is 0 Å². The standard InChI is InChI=1S/C6H14BBrO2/c1-6(2,8)4-3-5-7(9)10/h9-10H,3-5H2,1-2H3. The first-order valence-corrected chi connectivity index (χ1v) is 4.26. The fourth-order valence-electron chi connectivity index (χ4n) is 0.705. The van der Waals surface area contributed by atoms with Crippen molar-refractivity contribution in [2.45, 2.75) is 37.3 Å². The molecule has 0 saturated carbocycles. The fraction of sp³-hybridized carbons (Fsp3) is 1.00. The number of alkyl halides is 1. The molecule has 0 heterocycles. The summed E-state index contributed by atoms with van der Waals surface area (Å²) in [6, 6.07) is 0. The van der Waals surface area contributed by atoms with Gasteiger partial charge in [0.25, 0.3) is 0 Å². The van der Waals surface area contributed by atoms with Gasteiger partial charge in [0.1, 0.15) is 0 Å². The van der Waals surface area contributed by atoms with Crippen molar-refractivity contribution in [1.29, 1.82) is 0 Å². The van der Waals surface area contributed by atoms with Crippen molar-refractivity contribution in [1.82, 2.24) is 0 Å². The first kappa shape index (κ1) is 10.5. The highest BCUT2D eigenvalue weighted by Crippen LogP contribution is 2.23. The summed E-state index contributed by atoms with van der Waals surface area (Å²) in [6.45, 7) is 4.13. The molecule has 0 radical (unpaired) electrons. The molecule has 0 aromatic carbocycles. The Morgan fingerprint density at radius 3 is 2.20 bits per heavy atom. The topological polar surface area (TPSA) is 40.5 Å². The van der Waals surface area contributed by atoms with Crippen LogP contribution in [0.5, 0.6) is 0 Å². The maximum atomic E-state index is 8.49. The Kier molecular flexibility index (Phi) is 4.57. The molecule has 0 unspecified atom stereocenters. The summed E-state index contributed by atoms with van der Waals surface area (Å²) in [5, 5.41) is 17.0. The van der Waals surface area contributed by atoms with Crippen LogP contribution in [0.4, 0.5) is 0 Å². The van der Waals surface area contributed by atoms with Gasteiger partial charge in [0.05, 0.1) is 0 Å². The SMILES string of the molecule is CC(C)(Br)CCCB(O)O. The van der Waals surface area contributed by atoms with E-state index in [1.807, 2.05) is 0 Å². The largest absolute Gasteiger partial charge is 0.451 e. The van der Waals surface area contributed by atoms with E-state index < -0.39 is 7.12 Å². The number of hydrogen-bond acceptors (Lipinski definition) is 2. The third-order valence-corrected chi connectivity index (χ3v) is 1.63. The molecule has 0 aliphatic heterocycles. The molecule has 0 fully saturated rings. The van der Waals surface area contributed by atoms with Crippen LogP contribution in [0.2, 0.25) is 6.32 Å².